The zero-order chi connectivity index (χ0) is 17.1. The summed E-state index contributed by atoms with van der Waals surface area (Å²) >= 11 is 0. The van der Waals surface area contributed by atoms with Gasteiger partial charge in [0.15, 0.2) is 0 Å². The molecule has 3 rings (SSSR count). The van der Waals surface area contributed by atoms with Crippen molar-refractivity contribution >= 4 is 0 Å². The second-order valence-electron chi connectivity index (χ2n) is 6.37. The molecular weight excluding hydrogens is 298 g/mol. The molecule has 4 nitrogen and oxygen atoms in total. The van der Waals surface area contributed by atoms with Crippen molar-refractivity contribution in [2.45, 2.75) is 33.9 Å². The normalized spacial score (nSPS) is 11.2. The first-order valence-electron chi connectivity index (χ1n) is 8.14. The van der Waals surface area contributed by atoms with E-state index in [-0.39, 0.29) is 0 Å². The molecule has 0 saturated carbocycles. The number of aromatic nitrogens is 2. The number of pyridine rings is 1. The third kappa shape index (κ3) is 3.71. The van der Waals surface area contributed by atoms with Crippen LogP contribution in [-0.4, -0.2) is 21.9 Å². The Labute approximate surface area is 143 Å². The van der Waals surface area contributed by atoms with Crippen molar-refractivity contribution in [3.8, 4) is 11.5 Å². The van der Waals surface area contributed by atoms with E-state index in [2.05, 4.69) is 49.0 Å². The summed E-state index contributed by atoms with van der Waals surface area (Å²) in [5.74, 6) is 1.57. The largest absolute Gasteiger partial charge is 0.441 e. The number of hydrogen-bond donors (Lipinski definition) is 0. The lowest BCUT2D eigenvalue weighted by Crippen LogP contribution is -2.18. The minimum atomic E-state index is 0.694. The van der Waals surface area contributed by atoms with Gasteiger partial charge in [-0.15, -0.1) is 0 Å². The molecule has 24 heavy (non-hydrogen) atoms. The van der Waals surface area contributed by atoms with E-state index < -0.39 is 0 Å². The first-order chi connectivity index (χ1) is 11.5. The number of nitrogens with zero attached hydrogens (tertiary/aromatic N) is 3. The number of benzene rings is 1. The van der Waals surface area contributed by atoms with Crippen molar-refractivity contribution in [3.63, 3.8) is 0 Å². The van der Waals surface area contributed by atoms with Gasteiger partial charge < -0.3 is 4.42 Å². The standard InChI is InChI=1S/C20H23N3O/c1-14-6-5-7-17(10-14)20-22-19(16(3)24-20)13-23(4)12-18-8-9-21-11-15(18)2/h5-11H,12-13H2,1-4H3. The average molecular weight is 321 g/mol. The molecule has 3 aromatic rings. The van der Waals surface area contributed by atoms with Crippen LogP contribution in [0.1, 0.15) is 28.1 Å². The van der Waals surface area contributed by atoms with Gasteiger partial charge in [-0.25, -0.2) is 4.98 Å². The first kappa shape index (κ1) is 16.4. The number of aryl methyl sites for hydroxylation is 3. The van der Waals surface area contributed by atoms with Gasteiger partial charge in [-0.1, -0.05) is 17.7 Å². The fourth-order valence-electron chi connectivity index (χ4n) is 2.76. The topological polar surface area (TPSA) is 42.2 Å². The molecule has 0 unspecified atom stereocenters. The summed E-state index contributed by atoms with van der Waals surface area (Å²) in [6.07, 6.45) is 3.74. The summed E-state index contributed by atoms with van der Waals surface area (Å²) in [6, 6.07) is 10.3. The SMILES string of the molecule is Cc1cccc(-c2nc(CN(C)Cc3ccncc3C)c(C)o2)c1. The summed E-state index contributed by atoms with van der Waals surface area (Å²) in [7, 11) is 2.10. The summed E-state index contributed by atoms with van der Waals surface area (Å²) < 4.78 is 5.88. The molecule has 0 fully saturated rings. The van der Waals surface area contributed by atoms with E-state index in [1.807, 2.05) is 31.5 Å². The third-order valence-corrected chi connectivity index (χ3v) is 4.15. The molecule has 0 radical (unpaired) electrons. The van der Waals surface area contributed by atoms with Crippen LogP contribution in [0.2, 0.25) is 0 Å². The monoisotopic (exact) mass is 321 g/mol. The lowest BCUT2D eigenvalue weighted by molar-refractivity contribution is 0.312. The zero-order valence-corrected chi connectivity index (χ0v) is 14.7. The smallest absolute Gasteiger partial charge is 0.226 e. The zero-order valence-electron chi connectivity index (χ0n) is 14.7. The Morgan fingerprint density at radius 3 is 2.67 bits per heavy atom. The molecular formula is C20H23N3O. The molecule has 2 heterocycles. The van der Waals surface area contributed by atoms with Gasteiger partial charge in [0.05, 0.1) is 5.69 Å². The molecule has 0 aliphatic heterocycles. The number of oxazole rings is 1. The molecule has 2 aromatic heterocycles. The van der Waals surface area contributed by atoms with E-state index in [4.69, 9.17) is 9.40 Å². The highest BCUT2D eigenvalue weighted by molar-refractivity contribution is 5.54. The lowest BCUT2D eigenvalue weighted by Gasteiger charge is -2.16. The Bertz CT molecular complexity index is 838. The quantitative estimate of drug-likeness (QED) is 0.703. The van der Waals surface area contributed by atoms with Gasteiger partial charge >= 0.3 is 0 Å². The Balaban J connectivity index is 1.75. The van der Waals surface area contributed by atoms with Gasteiger partial charge in [0.1, 0.15) is 5.76 Å². The lowest BCUT2D eigenvalue weighted by atomic mass is 10.1. The van der Waals surface area contributed by atoms with E-state index in [0.29, 0.717) is 5.89 Å². The van der Waals surface area contributed by atoms with E-state index in [1.54, 1.807) is 0 Å². The van der Waals surface area contributed by atoms with Crippen LogP contribution < -0.4 is 0 Å². The Hall–Kier alpha value is -2.46. The van der Waals surface area contributed by atoms with Crippen molar-refractivity contribution < 1.29 is 4.42 Å². The van der Waals surface area contributed by atoms with E-state index in [1.165, 1.54) is 16.7 Å². The molecule has 4 heteroatoms. The molecule has 124 valence electrons. The van der Waals surface area contributed by atoms with Crippen LogP contribution >= 0.6 is 0 Å². The highest BCUT2D eigenvalue weighted by Crippen LogP contribution is 2.23. The molecule has 0 aliphatic rings. The van der Waals surface area contributed by atoms with Crippen LogP contribution in [-0.2, 0) is 13.1 Å². The summed E-state index contributed by atoms with van der Waals surface area (Å²) in [5, 5.41) is 0. The first-order valence-corrected chi connectivity index (χ1v) is 8.14. The van der Waals surface area contributed by atoms with Crippen molar-refractivity contribution in [2.24, 2.45) is 0 Å². The van der Waals surface area contributed by atoms with E-state index >= 15 is 0 Å². The fourth-order valence-corrected chi connectivity index (χ4v) is 2.76. The van der Waals surface area contributed by atoms with Crippen LogP contribution in [0.5, 0.6) is 0 Å². The van der Waals surface area contributed by atoms with Gasteiger partial charge in [-0.3, -0.25) is 9.88 Å². The van der Waals surface area contributed by atoms with Crippen LogP contribution in [0.25, 0.3) is 11.5 Å². The maximum absolute atomic E-state index is 5.88. The number of hydrogen-bond acceptors (Lipinski definition) is 4. The molecule has 0 atom stereocenters. The van der Waals surface area contributed by atoms with Crippen molar-refractivity contribution in [1.29, 1.82) is 0 Å². The average Bonchev–Trinajstić information content (AvgIpc) is 2.90. The van der Waals surface area contributed by atoms with Gasteiger partial charge in [-0.2, -0.15) is 0 Å². The van der Waals surface area contributed by atoms with Crippen molar-refractivity contribution in [3.05, 3.63) is 70.9 Å². The fraction of sp³-hybridized carbons (Fsp3) is 0.300. The summed E-state index contributed by atoms with van der Waals surface area (Å²) in [6.45, 7) is 7.76. The molecule has 0 bridgehead atoms. The minimum absolute atomic E-state index is 0.694. The molecule has 0 spiro atoms. The summed E-state index contributed by atoms with van der Waals surface area (Å²) in [4.78, 5) is 11.1. The molecule has 0 aliphatic carbocycles. The van der Waals surface area contributed by atoms with Gasteiger partial charge in [0.25, 0.3) is 0 Å². The Morgan fingerprint density at radius 1 is 1.08 bits per heavy atom. The highest BCUT2D eigenvalue weighted by atomic mass is 16.4. The van der Waals surface area contributed by atoms with Crippen molar-refractivity contribution in [2.75, 3.05) is 7.05 Å². The maximum Gasteiger partial charge on any atom is 0.226 e. The molecule has 0 N–H and O–H groups in total. The van der Waals surface area contributed by atoms with Gasteiger partial charge in [-0.05, 0) is 57.1 Å². The predicted molar refractivity (Wildman–Crippen MR) is 95.6 cm³/mol. The van der Waals surface area contributed by atoms with E-state index in [9.17, 15) is 0 Å². The molecule has 0 saturated heterocycles. The summed E-state index contributed by atoms with van der Waals surface area (Å²) in [5.41, 5.74) is 5.71. The molecule has 0 amide bonds. The van der Waals surface area contributed by atoms with Crippen LogP contribution in [0, 0.1) is 20.8 Å². The highest BCUT2D eigenvalue weighted by Gasteiger charge is 2.14. The molecule has 1 aromatic carbocycles. The second kappa shape index (κ2) is 6.97. The van der Waals surface area contributed by atoms with E-state index in [0.717, 1.165) is 30.1 Å². The second-order valence-corrected chi connectivity index (χ2v) is 6.37. The minimum Gasteiger partial charge on any atom is -0.441 e. The third-order valence-electron chi connectivity index (χ3n) is 4.15. The van der Waals surface area contributed by atoms with Crippen LogP contribution in [0.4, 0.5) is 0 Å². The Kier molecular flexibility index (Phi) is 4.76. The van der Waals surface area contributed by atoms with Gasteiger partial charge in [0, 0.05) is 31.0 Å². The van der Waals surface area contributed by atoms with Gasteiger partial charge in [0.2, 0.25) is 5.89 Å². The van der Waals surface area contributed by atoms with Crippen LogP contribution in [0.3, 0.4) is 0 Å². The van der Waals surface area contributed by atoms with Crippen molar-refractivity contribution in [1.82, 2.24) is 14.9 Å². The number of rotatable bonds is 5. The maximum atomic E-state index is 5.88. The Morgan fingerprint density at radius 2 is 1.92 bits per heavy atom. The predicted octanol–water partition coefficient (Wildman–Crippen LogP) is 4.29. The van der Waals surface area contributed by atoms with Crippen LogP contribution in [0.15, 0.2) is 47.1 Å².